The monoisotopic (exact) mass is 309 g/mol. The maximum absolute atomic E-state index is 12.5. The van der Waals surface area contributed by atoms with Gasteiger partial charge in [-0.15, -0.1) is 0 Å². The standard InChI is InChI=1S/C15H23N3O2S/c1-3-15(2,11-16)14(20)18-7-5-17(6-8-18)13(19)12-4-9-21-10-12/h4,9-10H,3,5-8,11,16H2,1-2H3. The van der Waals surface area contributed by atoms with Crippen molar-refractivity contribution in [1.29, 1.82) is 0 Å². The fourth-order valence-electron chi connectivity index (χ4n) is 2.45. The highest BCUT2D eigenvalue weighted by atomic mass is 32.1. The third-order valence-corrected chi connectivity index (χ3v) is 5.05. The average Bonchev–Trinajstić information content (AvgIpc) is 3.07. The molecule has 5 nitrogen and oxygen atoms in total. The smallest absolute Gasteiger partial charge is 0.254 e. The highest BCUT2D eigenvalue weighted by Crippen LogP contribution is 2.23. The predicted molar refractivity (Wildman–Crippen MR) is 84.3 cm³/mol. The minimum atomic E-state index is -0.487. The lowest BCUT2D eigenvalue weighted by atomic mass is 9.86. The van der Waals surface area contributed by atoms with Gasteiger partial charge in [-0.05, 0) is 24.8 Å². The average molecular weight is 309 g/mol. The van der Waals surface area contributed by atoms with Crippen LogP contribution in [0.1, 0.15) is 30.6 Å². The number of amides is 2. The Morgan fingerprint density at radius 2 is 1.90 bits per heavy atom. The molecule has 2 amide bonds. The maximum atomic E-state index is 12.5. The van der Waals surface area contributed by atoms with Gasteiger partial charge in [0.2, 0.25) is 5.91 Å². The third-order valence-electron chi connectivity index (χ3n) is 4.37. The van der Waals surface area contributed by atoms with Crippen LogP contribution in [0, 0.1) is 5.41 Å². The predicted octanol–water partition coefficient (Wildman–Crippen LogP) is 1.41. The number of hydrogen-bond acceptors (Lipinski definition) is 4. The summed E-state index contributed by atoms with van der Waals surface area (Å²) >= 11 is 1.52. The van der Waals surface area contributed by atoms with Crippen LogP contribution in [0.25, 0.3) is 0 Å². The van der Waals surface area contributed by atoms with E-state index >= 15 is 0 Å². The molecule has 21 heavy (non-hydrogen) atoms. The lowest BCUT2D eigenvalue weighted by Gasteiger charge is -2.39. The minimum Gasteiger partial charge on any atom is -0.339 e. The lowest BCUT2D eigenvalue weighted by molar-refractivity contribution is -0.142. The molecule has 0 aromatic carbocycles. The zero-order valence-electron chi connectivity index (χ0n) is 12.7. The van der Waals surface area contributed by atoms with Gasteiger partial charge in [-0.25, -0.2) is 0 Å². The summed E-state index contributed by atoms with van der Waals surface area (Å²) in [7, 11) is 0. The Morgan fingerprint density at radius 3 is 2.38 bits per heavy atom. The number of piperazine rings is 1. The van der Waals surface area contributed by atoms with Crippen LogP contribution in [0.4, 0.5) is 0 Å². The Bertz CT molecular complexity index is 489. The molecule has 6 heteroatoms. The molecule has 0 radical (unpaired) electrons. The molecule has 116 valence electrons. The van der Waals surface area contributed by atoms with Gasteiger partial charge < -0.3 is 15.5 Å². The lowest BCUT2D eigenvalue weighted by Crippen LogP contribution is -2.55. The molecular formula is C15H23N3O2S. The summed E-state index contributed by atoms with van der Waals surface area (Å²) in [4.78, 5) is 28.4. The fraction of sp³-hybridized carbons (Fsp3) is 0.600. The Kier molecular flexibility index (Phi) is 5.00. The van der Waals surface area contributed by atoms with Gasteiger partial charge in [0, 0.05) is 38.1 Å². The molecule has 1 unspecified atom stereocenters. The van der Waals surface area contributed by atoms with Crippen molar-refractivity contribution in [2.45, 2.75) is 20.3 Å². The molecular weight excluding hydrogens is 286 g/mol. The molecule has 0 saturated carbocycles. The zero-order valence-corrected chi connectivity index (χ0v) is 13.5. The first-order valence-corrected chi connectivity index (χ1v) is 8.27. The molecule has 1 atom stereocenters. The van der Waals surface area contributed by atoms with E-state index in [0.29, 0.717) is 32.7 Å². The summed E-state index contributed by atoms with van der Waals surface area (Å²) in [5.41, 5.74) is 6.00. The summed E-state index contributed by atoms with van der Waals surface area (Å²) in [5.74, 6) is 0.163. The number of thiophene rings is 1. The van der Waals surface area contributed by atoms with E-state index in [1.54, 1.807) is 0 Å². The van der Waals surface area contributed by atoms with E-state index in [2.05, 4.69) is 0 Å². The molecule has 2 rings (SSSR count). The number of nitrogens with two attached hydrogens (primary N) is 1. The van der Waals surface area contributed by atoms with E-state index in [-0.39, 0.29) is 11.8 Å². The second-order valence-electron chi connectivity index (χ2n) is 5.71. The number of nitrogens with zero attached hydrogens (tertiary/aromatic N) is 2. The first-order valence-electron chi connectivity index (χ1n) is 7.32. The molecule has 2 heterocycles. The molecule has 0 aliphatic carbocycles. The normalized spacial score (nSPS) is 18.4. The quantitative estimate of drug-likeness (QED) is 0.914. The van der Waals surface area contributed by atoms with E-state index in [1.165, 1.54) is 11.3 Å². The Hall–Kier alpha value is -1.40. The fourth-order valence-corrected chi connectivity index (χ4v) is 3.08. The highest BCUT2D eigenvalue weighted by molar-refractivity contribution is 7.08. The maximum Gasteiger partial charge on any atom is 0.254 e. The van der Waals surface area contributed by atoms with Crippen LogP contribution in [0.5, 0.6) is 0 Å². The van der Waals surface area contributed by atoms with Crippen molar-refractivity contribution in [2.75, 3.05) is 32.7 Å². The molecule has 0 spiro atoms. The van der Waals surface area contributed by atoms with Crippen molar-refractivity contribution in [1.82, 2.24) is 9.80 Å². The van der Waals surface area contributed by atoms with E-state index in [9.17, 15) is 9.59 Å². The SMILES string of the molecule is CCC(C)(CN)C(=O)N1CCN(C(=O)c2ccsc2)CC1. The number of hydrogen-bond donors (Lipinski definition) is 1. The first kappa shape index (κ1) is 16.0. The van der Waals surface area contributed by atoms with Crippen LogP contribution in [-0.2, 0) is 4.79 Å². The number of carbonyl (C=O) groups excluding carboxylic acids is 2. The molecule has 2 N–H and O–H groups in total. The topological polar surface area (TPSA) is 66.6 Å². The third kappa shape index (κ3) is 3.27. The Morgan fingerprint density at radius 1 is 1.29 bits per heavy atom. The summed E-state index contributed by atoms with van der Waals surface area (Å²) in [6.07, 6.45) is 0.733. The molecule has 1 aliphatic rings. The summed E-state index contributed by atoms with van der Waals surface area (Å²) < 4.78 is 0. The second kappa shape index (κ2) is 6.58. The van der Waals surface area contributed by atoms with Gasteiger partial charge >= 0.3 is 0 Å². The van der Waals surface area contributed by atoms with Crippen LogP contribution in [0.3, 0.4) is 0 Å². The molecule has 1 aromatic rings. The van der Waals surface area contributed by atoms with Gasteiger partial charge in [0.25, 0.3) is 5.91 Å². The van der Waals surface area contributed by atoms with Crippen LogP contribution < -0.4 is 5.73 Å². The van der Waals surface area contributed by atoms with Crippen LogP contribution in [0.15, 0.2) is 16.8 Å². The van der Waals surface area contributed by atoms with Crippen LogP contribution in [0.2, 0.25) is 0 Å². The van der Waals surface area contributed by atoms with Crippen molar-refractivity contribution in [3.8, 4) is 0 Å². The first-order chi connectivity index (χ1) is 10.0. The summed E-state index contributed by atoms with van der Waals surface area (Å²) in [6.45, 7) is 6.61. The van der Waals surface area contributed by atoms with E-state index in [1.807, 2.05) is 40.5 Å². The van der Waals surface area contributed by atoms with Crippen LogP contribution >= 0.6 is 11.3 Å². The van der Waals surface area contributed by atoms with Gasteiger partial charge in [0.05, 0.1) is 11.0 Å². The largest absolute Gasteiger partial charge is 0.339 e. The molecule has 1 fully saturated rings. The van der Waals surface area contributed by atoms with E-state index in [4.69, 9.17) is 5.73 Å². The number of rotatable bonds is 4. The van der Waals surface area contributed by atoms with E-state index < -0.39 is 5.41 Å². The van der Waals surface area contributed by atoms with Crippen molar-refractivity contribution in [3.63, 3.8) is 0 Å². The van der Waals surface area contributed by atoms with Gasteiger partial charge in [-0.3, -0.25) is 9.59 Å². The highest BCUT2D eigenvalue weighted by Gasteiger charge is 2.35. The van der Waals surface area contributed by atoms with Crippen molar-refractivity contribution in [3.05, 3.63) is 22.4 Å². The minimum absolute atomic E-state index is 0.0560. The van der Waals surface area contributed by atoms with Crippen molar-refractivity contribution < 1.29 is 9.59 Å². The van der Waals surface area contributed by atoms with Crippen molar-refractivity contribution >= 4 is 23.2 Å². The molecule has 1 aliphatic heterocycles. The Balaban J connectivity index is 1.94. The van der Waals surface area contributed by atoms with Crippen molar-refractivity contribution in [2.24, 2.45) is 11.1 Å². The molecule has 0 bridgehead atoms. The molecule has 1 aromatic heterocycles. The summed E-state index contributed by atoms with van der Waals surface area (Å²) in [5, 5.41) is 3.77. The Labute approximate surface area is 129 Å². The second-order valence-corrected chi connectivity index (χ2v) is 6.49. The van der Waals surface area contributed by atoms with Gasteiger partial charge in [-0.1, -0.05) is 6.92 Å². The van der Waals surface area contributed by atoms with Gasteiger partial charge in [-0.2, -0.15) is 11.3 Å². The molecule has 1 saturated heterocycles. The van der Waals surface area contributed by atoms with Gasteiger partial charge in [0.1, 0.15) is 0 Å². The summed E-state index contributed by atoms with van der Waals surface area (Å²) in [6, 6.07) is 1.84. The number of carbonyl (C=O) groups is 2. The van der Waals surface area contributed by atoms with Crippen LogP contribution in [-0.4, -0.2) is 54.3 Å². The van der Waals surface area contributed by atoms with Gasteiger partial charge in [0.15, 0.2) is 0 Å². The van der Waals surface area contributed by atoms with E-state index in [0.717, 1.165) is 12.0 Å². The zero-order chi connectivity index (χ0) is 15.5.